The molecule has 1 amide bonds. The molecule has 1 aliphatic rings. The Labute approximate surface area is 158 Å². The highest BCUT2D eigenvalue weighted by molar-refractivity contribution is 5.79. The summed E-state index contributed by atoms with van der Waals surface area (Å²) < 4.78 is 5.76. The van der Waals surface area contributed by atoms with E-state index in [-0.39, 0.29) is 18.4 Å². The minimum Gasteiger partial charge on any atom is -0.441 e. The Balaban J connectivity index is 1.47. The van der Waals surface area contributed by atoms with Crippen molar-refractivity contribution in [3.05, 3.63) is 71.1 Å². The molecule has 0 fully saturated rings. The van der Waals surface area contributed by atoms with Crippen LogP contribution in [0.15, 0.2) is 52.9 Å². The number of nitrogens with zero attached hydrogens (tertiary/aromatic N) is 1. The molecule has 0 aliphatic heterocycles. The van der Waals surface area contributed by atoms with Crippen LogP contribution in [-0.4, -0.2) is 10.9 Å². The monoisotopic (exact) mass is 361 g/mol. The Morgan fingerprint density at radius 1 is 1.26 bits per heavy atom. The highest BCUT2D eigenvalue weighted by atomic mass is 16.4. The molecule has 1 unspecified atom stereocenters. The number of anilines is 1. The van der Waals surface area contributed by atoms with Gasteiger partial charge < -0.3 is 15.5 Å². The van der Waals surface area contributed by atoms with Crippen molar-refractivity contribution in [2.24, 2.45) is 0 Å². The van der Waals surface area contributed by atoms with Gasteiger partial charge in [-0.2, -0.15) is 0 Å². The third kappa shape index (κ3) is 3.72. The minimum atomic E-state index is -0.0410. The fourth-order valence-electron chi connectivity index (χ4n) is 3.68. The molecule has 0 saturated carbocycles. The van der Waals surface area contributed by atoms with E-state index in [1.807, 2.05) is 55.5 Å². The Hall–Kier alpha value is -3.08. The van der Waals surface area contributed by atoms with Crippen molar-refractivity contribution in [3.8, 4) is 11.5 Å². The lowest BCUT2D eigenvalue weighted by Crippen LogP contribution is -2.32. The number of benzene rings is 2. The van der Waals surface area contributed by atoms with Gasteiger partial charge in [-0.1, -0.05) is 24.3 Å². The van der Waals surface area contributed by atoms with Gasteiger partial charge >= 0.3 is 0 Å². The Morgan fingerprint density at radius 2 is 2.07 bits per heavy atom. The summed E-state index contributed by atoms with van der Waals surface area (Å²) in [4.78, 5) is 17.2. The molecule has 1 aliphatic carbocycles. The molecule has 3 N–H and O–H groups in total. The van der Waals surface area contributed by atoms with Gasteiger partial charge in [0.1, 0.15) is 5.76 Å². The molecule has 1 aromatic heterocycles. The average Bonchev–Trinajstić information content (AvgIpc) is 3.03. The van der Waals surface area contributed by atoms with Crippen molar-refractivity contribution in [1.29, 1.82) is 0 Å². The lowest BCUT2D eigenvalue weighted by atomic mass is 9.87. The first-order chi connectivity index (χ1) is 13.1. The number of amides is 1. The second kappa shape index (κ2) is 7.27. The van der Waals surface area contributed by atoms with Crippen LogP contribution in [0.3, 0.4) is 0 Å². The number of aromatic nitrogens is 1. The van der Waals surface area contributed by atoms with Crippen molar-refractivity contribution in [1.82, 2.24) is 10.3 Å². The lowest BCUT2D eigenvalue weighted by molar-refractivity contribution is -0.121. The number of nitrogen functional groups attached to an aromatic ring is 1. The highest BCUT2D eigenvalue weighted by Gasteiger charge is 2.23. The van der Waals surface area contributed by atoms with Crippen molar-refractivity contribution >= 4 is 11.6 Å². The first-order valence-electron chi connectivity index (χ1n) is 9.29. The van der Waals surface area contributed by atoms with Crippen molar-refractivity contribution in [2.45, 2.75) is 38.6 Å². The Kier molecular flexibility index (Phi) is 4.67. The number of carbonyl (C=O) groups excluding carboxylic acids is 1. The summed E-state index contributed by atoms with van der Waals surface area (Å²) in [6.07, 6.45) is 3.21. The van der Waals surface area contributed by atoms with E-state index in [4.69, 9.17) is 10.2 Å². The van der Waals surface area contributed by atoms with E-state index in [0.717, 1.165) is 30.5 Å². The minimum absolute atomic E-state index is 0.0302. The molecule has 138 valence electrons. The zero-order valence-electron chi connectivity index (χ0n) is 15.4. The maximum atomic E-state index is 12.6. The summed E-state index contributed by atoms with van der Waals surface area (Å²) in [6.45, 7) is 1.85. The van der Waals surface area contributed by atoms with E-state index >= 15 is 0 Å². The molecule has 1 heterocycles. The number of oxazole rings is 1. The van der Waals surface area contributed by atoms with E-state index in [1.165, 1.54) is 11.1 Å². The van der Waals surface area contributed by atoms with Crippen LogP contribution in [0.5, 0.6) is 0 Å². The third-order valence-corrected chi connectivity index (χ3v) is 5.06. The van der Waals surface area contributed by atoms with E-state index in [2.05, 4.69) is 10.3 Å². The largest absolute Gasteiger partial charge is 0.441 e. The van der Waals surface area contributed by atoms with Crippen LogP contribution in [-0.2, 0) is 17.6 Å². The molecule has 4 rings (SSSR count). The molecule has 0 bridgehead atoms. The standard InChI is InChI=1S/C22H23N3O2/c1-14-20(25-22(27-14)15-6-3-2-4-7-15)13-21(26)24-19-9-5-8-16-12-17(23)10-11-18(16)19/h2-4,6-7,10-12,19H,5,8-9,13,23H2,1H3,(H,24,26). The second-order valence-corrected chi connectivity index (χ2v) is 7.04. The maximum absolute atomic E-state index is 12.6. The van der Waals surface area contributed by atoms with Crippen LogP contribution in [0, 0.1) is 6.92 Å². The number of hydrogen-bond donors (Lipinski definition) is 2. The van der Waals surface area contributed by atoms with Crippen LogP contribution >= 0.6 is 0 Å². The number of nitrogens with one attached hydrogen (secondary N) is 1. The second-order valence-electron chi connectivity index (χ2n) is 7.04. The van der Waals surface area contributed by atoms with Crippen LogP contribution in [0.1, 0.15) is 41.5 Å². The van der Waals surface area contributed by atoms with E-state index in [9.17, 15) is 4.79 Å². The van der Waals surface area contributed by atoms with Gasteiger partial charge in [0.25, 0.3) is 0 Å². The molecule has 0 spiro atoms. The zero-order valence-corrected chi connectivity index (χ0v) is 15.4. The lowest BCUT2D eigenvalue weighted by Gasteiger charge is -2.26. The summed E-state index contributed by atoms with van der Waals surface area (Å²) in [5.74, 6) is 1.19. The molecule has 0 radical (unpaired) electrons. The van der Waals surface area contributed by atoms with Crippen molar-refractivity contribution in [3.63, 3.8) is 0 Å². The third-order valence-electron chi connectivity index (χ3n) is 5.06. The molecule has 1 atom stereocenters. The molecule has 0 saturated heterocycles. The van der Waals surface area contributed by atoms with Gasteiger partial charge in [0.05, 0.1) is 18.2 Å². The normalized spacial score (nSPS) is 16.0. The molecule has 3 aromatic rings. The quantitative estimate of drug-likeness (QED) is 0.689. The number of rotatable bonds is 4. The Bertz CT molecular complexity index is 963. The number of carbonyl (C=O) groups is 1. The van der Waals surface area contributed by atoms with Crippen LogP contribution in [0.2, 0.25) is 0 Å². The van der Waals surface area contributed by atoms with E-state index < -0.39 is 0 Å². The van der Waals surface area contributed by atoms with Crippen LogP contribution in [0.25, 0.3) is 11.5 Å². The smallest absolute Gasteiger partial charge is 0.226 e. The molecular weight excluding hydrogens is 338 g/mol. The average molecular weight is 361 g/mol. The number of nitrogens with two attached hydrogens (primary N) is 1. The summed E-state index contributed by atoms with van der Waals surface area (Å²) in [5.41, 5.74) is 10.7. The summed E-state index contributed by atoms with van der Waals surface area (Å²) in [6, 6.07) is 15.7. The summed E-state index contributed by atoms with van der Waals surface area (Å²) in [5, 5.41) is 3.16. The van der Waals surface area contributed by atoms with Gasteiger partial charge in [0, 0.05) is 11.3 Å². The first kappa shape index (κ1) is 17.3. The van der Waals surface area contributed by atoms with Gasteiger partial charge in [0.15, 0.2) is 0 Å². The Morgan fingerprint density at radius 3 is 2.89 bits per heavy atom. The molecule has 2 aromatic carbocycles. The zero-order chi connectivity index (χ0) is 18.8. The summed E-state index contributed by atoms with van der Waals surface area (Å²) in [7, 11) is 0. The molecule has 5 nitrogen and oxygen atoms in total. The van der Waals surface area contributed by atoms with Crippen molar-refractivity contribution < 1.29 is 9.21 Å². The maximum Gasteiger partial charge on any atom is 0.226 e. The molecule has 5 heteroatoms. The van der Waals surface area contributed by atoms with E-state index in [1.54, 1.807) is 0 Å². The molecule has 27 heavy (non-hydrogen) atoms. The highest BCUT2D eigenvalue weighted by Crippen LogP contribution is 2.31. The SMILES string of the molecule is Cc1oc(-c2ccccc2)nc1CC(=O)NC1CCCc2cc(N)ccc21. The first-order valence-corrected chi connectivity index (χ1v) is 9.29. The predicted octanol–water partition coefficient (Wildman–Crippen LogP) is 3.97. The van der Waals surface area contributed by atoms with E-state index in [0.29, 0.717) is 17.3 Å². The number of aryl methyl sites for hydroxylation is 2. The van der Waals surface area contributed by atoms with Gasteiger partial charge in [-0.05, 0) is 61.6 Å². The topological polar surface area (TPSA) is 81.2 Å². The van der Waals surface area contributed by atoms with Crippen LogP contribution in [0.4, 0.5) is 5.69 Å². The number of hydrogen-bond acceptors (Lipinski definition) is 4. The van der Waals surface area contributed by atoms with Crippen molar-refractivity contribution in [2.75, 3.05) is 5.73 Å². The fraction of sp³-hybridized carbons (Fsp3) is 0.273. The summed E-state index contributed by atoms with van der Waals surface area (Å²) >= 11 is 0. The van der Waals surface area contributed by atoms with Gasteiger partial charge in [-0.25, -0.2) is 4.98 Å². The van der Waals surface area contributed by atoms with Gasteiger partial charge in [0.2, 0.25) is 11.8 Å². The fourth-order valence-corrected chi connectivity index (χ4v) is 3.68. The van der Waals surface area contributed by atoms with Crippen LogP contribution < -0.4 is 11.1 Å². The number of fused-ring (bicyclic) bond motifs is 1. The predicted molar refractivity (Wildman–Crippen MR) is 105 cm³/mol. The van der Waals surface area contributed by atoms with Gasteiger partial charge in [-0.15, -0.1) is 0 Å². The van der Waals surface area contributed by atoms with Gasteiger partial charge in [-0.3, -0.25) is 4.79 Å². The molecular formula is C22H23N3O2.